The Kier molecular flexibility index (Phi) is 18.8. The first-order valence-electron chi connectivity index (χ1n) is 8.21. The zero-order valence-electron chi connectivity index (χ0n) is 16.8. The van der Waals surface area contributed by atoms with Crippen molar-refractivity contribution in [2.24, 2.45) is 0 Å². The molecule has 2 rings (SSSR count). The minimum atomic E-state index is 0.169. The second kappa shape index (κ2) is 19.0. The fourth-order valence-electron chi connectivity index (χ4n) is 1.25. The molecule has 0 amide bonds. The van der Waals surface area contributed by atoms with E-state index in [4.69, 9.17) is 37.0 Å². The molecule has 0 atom stereocenters. The highest BCUT2D eigenvalue weighted by Crippen LogP contribution is 2.16. The number of benzene rings is 2. The van der Waals surface area contributed by atoms with Gasteiger partial charge in [0.1, 0.15) is 23.9 Å². The number of rotatable bonds is 6. The third-order valence-electron chi connectivity index (χ3n) is 2.45. The molecule has 0 fully saturated rings. The number of hydrogen-bond acceptors (Lipinski definition) is 6. The molecule has 6 nitrogen and oxygen atoms in total. The molecule has 0 saturated heterocycles. The Labute approximate surface area is 182 Å². The van der Waals surface area contributed by atoms with Crippen LogP contribution in [0.15, 0.2) is 72.8 Å². The molecule has 0 saturated carbocycles. The zero-order chi connectivity index (χ0) is 22.7. The van der Waals surface area contributed by atoms with E-state index < -0.39 is 0 Å². The van der Waals surface area contributed by atoms with Crippen LogP contribution in [0.3, 0.4) is 0 Å². The van der Waals surface area contributed by atoms with Crippen molar-refractivity contribution in [2.45, 2.75) is 13.8 Å². The van der Waals surface area contributed by atoms with Gasteiger partial charge in [-0.15, -0.1) is 11.6 Å². The summed E-state index contributed by atoms with van der Waals surface area (Å²) in [7, 11) is 0. The van der Waals surface area contributed by atoms with Crippen LogP contribution in [0.5, 0.6) is 23.0 Å². The van der Waals surface area contributed by atoms with Crippen LogP contribution in [0.2, 0.25) is 0 Å². The molecular formula is C21H28Cl2O6. The molecule has 29 heavy (non-hydrogen) atoms. The highest BCUT2D eigenvalue weighted by Gasteiger charge is 1.94. The Morgan fingerprint density at radius 2 is 1.10 bits per heavy atom. The molecule has 2 aromatic carbocycles. The van der Waals surface area contributed by atoms with Gasteiger partial charge in [-0.05, 0) is 62.4 Å². The fraction of sp³-hybridized carbons (Fsp3) is 0.238. The Bertz CT molecular complexity index is 652. The fourth-order valence-corrected chi connectivity index (χ4v) is 1.43. The maximum absolute atomic E-state index is 8.96. The van der Waals surface area contributed by atoms with Crippen LogP contribution in [0.4, 0.5) is 0 Å². The monoisotopic (exact) mass is 446 g/mol. The number of alkyl halides is 1. The summed E-state index contributed by atoms with van der Waals surface area (Å²) in [5.41, 5.74) is 1.82. The van der Waals surface area contributed by atoms with Crippen LogP contribution in [-0.2, 0) is 9.18 Å². The van der Waals surface area contributed by atoms with Gasteiger partial charge in [-0.25, -0.2) is 0 Å². The molecule has 162 valence electrons. The molecule has 0 bridgehead atoms. The Balaban J connectivity index is 0. The average Bonchev–Trinajstić information content (AvgIpc) is 2.68. The van der Waals surface area contributed by atoms with Crippen molar-refractivity contribution < 1.29 is 29.4 Å². The lowest BCUT2D eigenvalue weighted by atomic mass is 10.3. The number of phenols is 3. The largest absolute Gasteiger partial charge is 0.508 e. The highest BCUT2D eigenvalue weighted by molar-refractivity contribution is 6.15. The van der Waals surface area contributed by atoms with Gasteiger partial charge in [-0.1, -0.05) is 24.3 Å². The van der Waals surface area contributed by atoms with Crippen molar-refractivity contribution in [1.82, 2.24) is 0 Å². The first-order chi connectivity index (χ1) is 13.7. The van der Waals surface area contributed by atoms with Crippen LogP contribution in [0.1, 0.15) is 13.8 Å². The van der Waals surface area contributed by atoms with E-state index in [1.165, 1.54) is 42.8 Å². The van der Waals surface area contributed by atoms with E-state index in [2.05, 4.69) is 29.0 Å². The molecule has 2 aromatic rings. The smallest absolute Gasteiger partial charge is 0.165 e. The van der Waals surface area contributed by atoms with Crippen LogP contribution >= 0.6 is 23.5 Å². The molecule has 0 spiro atoms. The lowest BCUT2D eigenvalue weighted by Gasteiger charge is -2.03. The predicted octanol–water partition coefficient (Wildman–Crippen LogP) is 5.96. The third-order valence-corrected chi connectivity index (χ3v) is 2.56. The normalized spacial score (nSPS) is 8.72. The third kappa shape index (κ3) is 20.2. The molecule has 0 aliphatic rings. The van der Waals surface area contributed by atoms with Crippen LogP contribution < -0.4 is 4.89 Å². The van der Waals surface area contributed by atoms with Crippen molar-refractivity contribution in [3.05, 3.63) is 72.8 Å². The summed E-state index contributed by atoms with van der Waals surface area (Å²) in [6, 6.07) is 12.0. The molecule has 0 radical (unpaired) electrons. The van der Waals surface area contributed by atoms with Gasteiger partial charge in [0.25, 0.3) is 0 Å². The quantitative estimate of drug-likeness (QED) is 0.166. The van der Waals surface area contributed by atoms with E-state index in [0.29, 0.717) is 19.0 Å². The molecule has 0 unspecified atom stereocenters. The lowest BCUT2D eigenvalue weighted by Crippen LogP contribution is -1.99. The van der Waals surface area contributed by atoms with Crippen molar-refractivity contribution in [1.29, 1.82) is 0 Å². The zero-order valence-corrected chi connectivity index (χ0v) is 18.3. The van der Waals surface area contributed by atoms with E-state index in [1.54, 1.807) is 12.1 Å². The Morgan fingerprint density at radius 3 is 1.38 bits per heavy atom. The minimum Gasteiger partial charge on any atom is -0.508 e. The second-order valence-electron chi connectivity index (χ2n) is 5.52. The lowest BCUT2D eigenvalue weighted by molar-refractivity contribution is -0.197. The van der Waals surface area contributed by atoms with Gasteiger partial charge in [0, 0.05) is 6.38 Å². The van der Waals surface area contributed by atoms with E-state index in [0.717, 1.165) is 11.1 Å². The maximum Gasteiger partial charge on any atom is 0.165 e. The summed E-state index contributed by atoms with van der Waals surface area (Å²) in [5, 5.41) is 26.3. The molecular weight excluding hydrogens is 419 g/mol. The number of phenolic OH excluding ortho intramolecular Hbond substituents is 3. The van der Waals surface area contributed by atoms with Crippen molar-refractivity contribution >= 4 is 23.5 Å². The summed E-state index contributed by atoms with van der Waals surface area (Å²) in [6.07, 6.45) is 1.47. The second-order valence-corrected chi connectivity index (χ2v) is 5.74. The number of hydrogen-bond donors (Lipinski definition) is 3. The summed E-state index contributed by atoms with van der Waals surface area (Å²) in [5.74, 6) is 1.09. The van der Waals surface area contributed by atoms with Gasteiger partial charge in [0.05, 0.1) is 18.5 Å². The molecule has 0 aromatic heterocycles. The van der Waals surface area contributed by atoms with E-state index >= 15 is 0 Å². The molecule has 0 aliphatic heterocycles. The first-order valence-corrected chi connectivity index (χ1v) is 9.27. The van der Waals surface area contributed by atoms with E-state index in [-0.39, 0.29) is 17.2 Å². The Hall–Kier alpha value is -2.38. The topological polar surface area (TPSA) is 88.4 Å². The Morgan fingerprint density at radius 1 is 0.759 bits per heavy atom. The van der Waals surface area contributed by atoms with Gasteiger partial charge in [0.2, 0.25) is 0 Å². The number of aromatic hydroxyl groups is 3. The van der Waals surface area contributed by atoms with Gasteiger partial charge in [-0.2, -0.15) is 4.89 Å². The summed E-state index contributed by atoms with van der Waals surface area (Å²) in [4.78, 5) is 9.74. The van der Waals surface area contributed by atoms with Crippen molar-refractivity contribution in [3.63, 3.8) is 0 Å². The van der Waals surface area contributed by atoms with Gasteiger partial charge in [-0.3, -0.25) is 4.29 Å². The highest BCUT2D eigenvalue weighted by atomic mass is 35.5. The van der Waals surface area contributed by atoms with Crippen LogP contribution in [0, 0.1) is 0 Å². The maximum atomic E-state index is 8.96. The van der Waals surface area contributed by atoms with Gasteiger partial charge >= 0.3 is 0 Å². The van der Waals surface area contributed by atoms with Gasteiger partial charge in [0.15, 0.2) is 5.75 Å². The molecule has 0 aliphatic carbocycles. The van der Waals surface area contributed by atoms with Crippen molar-refractivity contribution in [3.8, 4) is 23.0 Å². The minimum absolute atomic E-state index is 0.169. The van der Waals surface area contributed by atoms with Crippen LogP contribution in [-0.4, -0.2) is 34.9 Å². The standard InChI is InChI=1S/C10H12O3.C6H6O2.C4H7ClO.CH3Cl/c1-8(2)7-12-13-10-5-3-9(11)4-6-10;7-5-1-2-6(8)4-3-5;1-4(2)3-6-5;1-2/h3-6,11H,1,7H2,2H3;1-4,7-8H;1,3H2,2H3;1H3. The average molecular weight is 447 g/mol. The molecule has 8 heteroatoms. The number of halogens is 2. The van der Waals surface area contributed by atoms with E-state index in [9.17, 15) is 0 Å². The van der Waals surface area contributed by atoms with Gasteiger partial charge < -0.3 is 20.2 Å². The molecule has 0 heterocycles. The van der Waals surface area contributed by atoms with Crippen molar-refractivity contribution in [2.75, 3.05) is 19.6 Å². The summed E-state index contributed by atoms with van der Waals surface area (Å²) < 4.78 is 4.18. The summed E-state index contributed by atoms with van der Waals surface area (Å²) >= 11 is 9.47. The SMILES string of the molecule is C=C(C)COCl.C=C(C)COOc1ccc(O)cc1.CCl.Oc1ccc(O)cc1. The summed E-state index contributed by atoms with van der Waals surface area (Å²) in [6.45, 7) is 11.7. The first kappa shape index (κ1) is 28.8. The van der Waals surface area contributed by atoms with Crippen LogP contribution in [0.25, 0.3) is 0 Å². The van der Waals surface area contributed by atoms with E-state index in [1.807, 2.05) is 13.8 Å². The molecule has 3 N–H and O–H groups in total. The predicted molar refractivity (Wildman–Crippen MR) is 118 cm³/mol.